The van der Waals surface area contributed by atoms with Crippen molar-refractivity contribution in [1.29, 1.82) is 0 Å². The third kappa shape index (κ3) is 3.57. The third-order valence-electron chi connectivity index (χ3n) is 3.31. The Hall–Kier alpha value is -2.67. The van der Waals surface area contributed by atoms with Crippen LogP contribution >= 0.6 is 11.6 Å². The zero-order valence-corrected chi connectivity index (χ0v) is 12.9. The number of aliphatic carboxylic acids is 1. The van der Waals surface area contributed by atoms with Crippen LogP contribution in [0.25, 0.3) is 5.65 Å². The molecule has 0 saturated carbocycles. The highest BCUT2D eigenvalue weighted by molar-refractivity contribution is 6.31. The summed E-state index contributed by atoms with van der Waals surface area (Å²) in [4.78, 5) is 10.7. The molecule has 0 bridgehead atoms. The summed E-state index contributed by atoms with van der Waals surface area (Å²) in [6.07, 6.45) is 0.261. The zero-order chi connectivity index (χ0) is 16.2. The molecule has 0 atom stereocenters. The van der Waals surface area contributed by atoms with Gasteiger partial charge in [0.1, 0.15) is 5.82 Å². The highest BCUT2D eigenvalue weighted by Gasteiger charge is 2.09. The van der Waals surface area contributed by atoms with Crippen molar-refractivity contribution in [2.24, 2.45) is 0 Å². The van der Waals surface area contributed by atoms with Crippen LogP contribution in [0, 0.1) is 0 Å². The molecule has 3 rings (SSSR count). The van der Waals surface area contributed by atoms with E-state index >= 15 is 0 Å². The Balaban J connectivity index is 1.77. The first-order valence-corrected chi connectivity index (χ1v) is 7.41. The molecule has 0 aliphatic carbocycles. The van der Waals surface area contributed by atoms with Gasteiger partial charge in [-0.1, -0.05) is 29.8 Å². The maximum absolute atomic E-state index is 10.7. The van der Waals surface area contributed by atoms with Crippen LogP contribution in [0.15, 0.2) is 36.4 Å². The van der Waals surface area contributed by atoms with Gasteiger partial charge < -0.3 is 10.4 Å². The molecule has 3 aromatic rings. The number of nitrogens with one attached hydrogen (secondary N) is 1. The molecule has 2 aromatic heterocycles. The van der Waals surface area contributed by atoms with E-state index in [1.165, 1.54) is 0 Å². The maximum Gasteiger partial charge on any atom is 0.303 e. The van der Waals surface area contributed by atoms with Gasteiger partial charge in [-0.25, -0.2) is 0 Å². The van der Waals surface area contributed by atoms with Crippen molar-refractivity contribution in [2.75, 3.05) is 5.32 Å². The summed E-state index contributed by atoms with van der Waals surface area (Å²) in [5.74, 6) is 0.271. The Bertz CT molecular complexity index is 849. The first-order valence-electron chi connectivity index (χ1n) is 7.04. The lowest BCUT2D eigenvalue weighted by Crippen LogP contribution is -2.07. The molecule has 23 heavy (non-hydrogen) atoms. The number of fused-ring (bicyclic) bond motifs is 1. The normalized spacial score (nSPS) is 10.8. The van der Waals surface area contributed by atoms with Crippen LogP contribution in [0.4, 0.5) is 5.82 Å². The zero-order valence-electron chi connectivity index (χ0n) is 12.1. The van der Waals surface area contributed by atoms with Gasteiger partial charge in [0, 0.05) is 18.0 Å². The molecule has 0 unspecified atom stereocenters. The van der Waals surface area contributed by atoms with Gasteiger partial charge in [-0.05, 0) is 23.8 Å². The summed E-state index contributed by atoms with van der Waals surface area (Å²) in [5.41, 5.74) is 1.54. The number of carboxylic acid groups (broad SMARTS) is 1. The molecule has 0 fully saturated rings. The SMILES string of the molecule is O=C(O)CCc1nnc2ccc(NCc3ccccc3Cl)nn12. The van der Waals surface area contributed by atoms with Crippen LogP contribution in [0.5, 0.6) is 0 Å². The lowest BCUT2D eigenvalue weighted by Gasteiger charge is -2.07. The summed E-state index contributed by atoms with van der Waals surface area (Å²) in [7, 11) is 0. The van der Waals surface area contributed by atoms with E-state index in [2.05, 4.69) is 20.6 Å². The van der Waals surface area contributed by atoms with Gasteiger partial charge in [-0.15, -0.1) is 15.3 Å². The number of halogens is 1. The third-order valence-corrected chi connectivity index (χ3v) is 3.68. The smallest absolute Gasteiger partial charge is 0.303 e. The summed E-state index contributed by atoms with van der Waals surface area (Å²) >= 11 is 6.12. The lowest BCUT2D eigenvalue weighted by molar-refractivity contribution is -0.137. The predicted molar refractivity (Wildman–Crippen MR) is 85.5 cm³/mol. The van der Waals surface area contributed by atoms with Crippen LogP contribution in [-0.2, 0) is 17.8 Å². The van der Waals surface area contributed by atoms with Crippen molar-refractivity contribution in [3.05, 3.63) is 52.8 Å². The first-order chi connectivity index (χ1) is 11.1. The predicted octanol–water partition coefficient (Wildman–Crippen LogP) is 2.41. The van der Waals surface area contributed by atoms with Gasteiger partial charge in [0.05, 0.1) is 6.42 Å². The summed E-state index contributed by atoms with van der Waals surface area (Å²) in [6.45, 7) is 0.533. The van der Waals surface area contributed by atoms with Gasteiger partial charge >= 0.3 is 5.97 Å². The monoisotopic (exact) mass is 331 g/mol. The largest absolute Gasteiger partial charge is 0.481 e. The second-order valence-corrected chi connectivity index (χ2v) is 5.35. The number of aryl methyl sites for hydroxylation is 1. The van der Waals surface area contributed by atoms with E-state index < -0.39 is 5.97 Å². The van der Waals surface area contributed by atoms with Crippen LogP contribution in [0.3, 0.4) is 0 Å². The lowest BCUT2D eigenvalue weighted by atomic mass is 10.2. The second-order valence-electron chi connectivity index (χ2n) is 4.94. The van der Waals surface area contributed by atoms with Gasteiger partial charge in [0.25, 0.3) is 0 Å². The topological polar surface area (TPSA) is 92.4 Å². The second kappa shape index (κ2) is 6.62. The molecule has 0 aliphatic heterocycles. The summed E-state index contributed by atoms with van der Waals surface area (Å²) in [6, 6.07) is 11.1. The Labute approximate surface area is 136 Å². The molecule has 2 N–H and O–H groups in total. The minimum absolute atomic E-state index is 0.0141. The number of carbonyl (C=O) groups is 1. The average Bonchev–Trinajstić information content (AvgIpc) is 2.94. The fourth-order valence-corrected chi connectivity index (χ4v) is 2.33. The van der Waals surface area contributed by atoms with E-state index in [1.54, 1.807) is 16.6 Å². The van der Waals surface area contributed by atoms with Crippen molar-refractivity contribution in [3.63, 3.8) is 0 Å². The van der Waals surface area contributed by atoms with Crippen molar-refractivity contribution in [1.82, 2.24) is 19.8 Å². The molecule has 2 heterocycles. The van der Waals surface area contributed by atoms with E-state index in [0.29, 0.717) is 28.9 Å². The van der Waals surface area contributed by atoms with Crippen LogP contribution in [-0.4, -0.2) is 30.9 Å². The van der Waals surface area contributed by atoms with Crippen molar-refractivity contribution >= 4 is 29.0 Å². The van der Waals surface area contributed by atoms with E-state index in [-0.39, 0.29) is 12.8 Å². The fourth-order valence-electron chi connectivity index (χ4n) is 2.13. The molecule has 0 radical (unpaired) electrons. The standard InChI is InChI=1S/C15H14ClN5O2/c16-11-4-2-1-3-10(11)9-17-12-5-6-13-18-19-14(21(13)20-12)7-8-15(22)23/h1-6H,7-9H2,(H,17,20)(H,22,23). The number of hydrogen-bond acceptors (Lipinski definition) is 5. The number of hydrogen-bond donors (Lipinski definition) is 2. The number of anilines is 1. The molecule has 0 saturated heterocycles. The first kappa shape index (κ1) is 15.2. The highest BCUT2D eigenvalue weighted by Crippen LogP contribution is 2.16. The quantitative estimate of drug-likeness (QED) is 0.720. The Morgan fingerprint density at radius 1 is 1.22 bits per heavy atom. The van der Waals surface area contributed by atoms with Crippen LogP contribution in [0.2, 0.25) is 5.02 Å². The Kier molecular flexibility index (Phi) is 4.38. The Morgan fingerprint density at radius 3 is 2.83 bits per heavy atom. The van der Waals surface area contributed by atoms with E-state index in [1.807, 2.05) is 24.3 Å². The van der Waals surface area contributed by atoms with Crippen LogP contribution < -0.4 is 5.32 Å². The van der Waals surface area contributed by atoms with Gasteiger partial charge in [0.2, 0.25) is 0 Å². The molecule has 118 valence electrons. The van der Waals surface area contributed by atoms with Gasteiger partial charge in [-0.2, -0.15) is 4.52 Å². The van der Waals surface area contributed by atoms with Gasteiger partial charge in [-0.3, -0.25) is 4.79 Å². The van der Waals surface area contributed by atoms with Crippen molar-refractivity contribution in [3.8, 4) is 0 Å². The molecular formula is C15H14ClN5O2. The molecule has 8 heteroatoms. The number of nitrogens with zero attached hydrogens (tertiary/aromatic N) is 4. The van der Waals surface area contributed by atoms with E-state index in [0.717, 1.165) is 5.56 Å². The van der Waals surface area contributed by atoms with Crippen LogP contribution in [0.1, 0.15) is 17.8 Å². The van der Waals surface area contributed by atoms with E-state index in [9.17, 15) is 4.79 Å². The van der Waals surface area contributed by atoms with E-state index in [4.69, 9.17) is 16.7 Å². The average molecular weight is 332 g/mol. The van der Waals surface area contributed by atoms with Crippen molar-refractivity contribution in [2.45, 2.75) is 19.4 Å². The summed E-state index contributed by atoms with van der Waals surface area (Å²) < 4.78 is 1.55. The number of rotatable bonds is 6. The number of carboxylic acids is 1. The molecule has 0 spiro atoms. The highest BCUT2D eigenvalue weighted by atomic mass is 35.5. The van der Waals surface area contributed by atoms with Crippen molar-refractivity contribution < 1.29 is 9.90 Å². The number of aromatic nitrogens is 4. The summed E-state index contributed by atoms with van der Waals surface area (Å²) in [5, 5.41) is 25.0. The Morgan fingerprint density at radius 2 is 2.04 bits per heavy atom. The molecule has 1 aromatic carbocycles. The minimum Gasteiger partial charge on any atom is -0.481 e. The number of benzene rings is 1. The molecule has 0 aliphatic rings. The molecule has 7 nitrogen and oxygen atoms in total. The molecule has 0 amide bonds. The minimum atomic E-state index is -0.880. The fraction of sp³-hybridized carbons (Fsp3) is 0.200. The van der Waals surface area contributed by atoms with Gasteiger partial charge in [0.15, 0.2) is 11.5 Å². The molecular weight excluding hydrogens is 318 g/mol. The maximum atomic E-state index is 10.7.